The van der Waals surface area contributed by atoms with Gasteiger partial charge in [-0.15, -0.1) is 0 Å². The largest absolute Gasteiger partial charge is 0.465 e. The second-order valence-electron chi connectivity index (χ2n) is 6.18. The van der Waals surface area contributed by atoms with Crippen LogP contribution < -0.4 is 10.6 Å². The number of nitriles is 1. The van der Waals surface area contributed by atoms with E-state index in [-0.39, 0.29) is 12.5 Å². The lowest BCUT2D eigenvalue weighted by atomic mass is 9.83. The number of amides is 1. The molecule has 1 aromatic carbocycles. The average Bonchev–Trinajstić information content (AvgIpc) is 2.61. The molecule has 6 nitrogen and oxygen atoms in total. The summed E-state index contributed by atoms with van der Waals surface area (Å²) in [7, 11) is 1.33. The first-order valence-electron chi connectivity index (χ1n) is 8.15. The van der Waals surface area contributed by atoms with E-state index in [9.17, 15) is 14.9 Å². The van der Waals surface area contributed by atoms with Gasteiger partial charge < -0.3 is 15.4 Å². The standard InChI is InChI=1S/C18H23N3O3/c1-13-6-7-14(17(23)24-2)10-15(13)20-11-16(22)21-18(12-19)8-4-3-5-9-18/h6-7,10,20H,3-5,8-9,11H2,1-2H3,(H,21,22). The number of esters is 1. The summed E-state index contributed by atoms with van der Waals surface area (Å²) in [5.41, 5.74) is 1.30. The monoisotopic (exact) mass is 329 g/mol. The first-order valence-corrected chi connectivity index (χ1v) is 8.15. The predicted molar refractivity (Wildman–Crippen MR) is 90.6 cm³/mol. The predicted octanol–water partition coefficient (Wildman–Crippen LogP) is 2.54. The molecular formula is C18H23N3O3. The number of nitrogens with one attached hydrogen (secondary N) is 2. The van der Waals surface area contributed by atoms with Crippen LogP contribution in [0.2, 0.25) is 0 Å². The fourth-order valence-electron chi connectivity index (χ4n) is 2.96. The Labute approximate surface area is 142 Å². The van der Waals surface area contributed by atoms with Crippen molar-refractivity contribution in [1.29, 1.82) is 5.26 Å². The lowest BCUT2D eigenvalue weighted by molar-refractivity contribution is -0.121. The SMILES string of the molecule is COC(=O)c1ccc(C)c(NCC(=O)NC2(C#N)CCCCC2)c1. The molecule has 1 saturated carbocycles. The number of nitrogens with zero attached hydrogens (tertiary/aromatic N) is 1. The number of carbonyl (C=O) groups is 2. The normalized spacial score (nSPS) is 15.9. The maximum absolute atomic E-state index is 12.2. The zero-order chi connectivity index (χ0) is 17.6. The number of aryl methyl sites for hydroxylation is 1. The van der Waals surface area contributed by atoms with Gasteiger partial charge in [-0.3, -0.25) is 4.79 Å². The minimum atomic E-state index is -0.736. The Morgan fingerprint density at radius 1 is 1.29 bits per heavy atom. The number of rotatable bonds is 5. The smallest absolute Gasteiger partial charge is 0.337 e. The van der Waals surface area contributed by atoms with Gasteiger partial charge in [0.05, 0.1) is 25.3 Å². The van der Waals surface area contributed by atoms with Crippen molar-refractivity contribution in [2.75, 3.05) is 19.0 Å². The van der Waals surface area contributed by atoms with Crippen molar-refractivity contribution < 1.29 is 14.3 Å². The molecule has 1 aromatic rings. The number of ether oxygens (including phenoxy) is 1. The highest BCUT2D eigenvalue weighted by Crippen LogP contribution is 2.27. The van der Waals surface area contributed by atoms with Crippen molar-refractivity contribution in [3.8, 4) is 6.07 Å². The minimum absolute atomic E-state index is 0.0505. The van der Waals surface area contributed by atoms with E-state index in [4.69, 9.17) is 4.74 Å². The van der Waals surface area contributed by atoms with Crippen LogP contribution in [0.1, 0.15) is 48.0 Å². The summed E-state index contributed by atoms with van der Waals surface area (Å²) < 4.78 is 4.70. The molecule has 1 aliphatic rings. The van der Waals surface area contributed by atoms with Crippen LogP contribution in [0.15, 0.2) is 18.2 Å². The molecule has 2 N–H and O–H groups in total. The molecule has 0 radical (unpaired) electrons. The summed E-state index contributed by atoms with van der Waals surface area (Å²) in [5.74, 6) is -0.644. The molecule has 0 atom stereocenters. The first-order chi connectivity index (χ1) is 11.5. The molecule has 128 valence electrons. The highest BCUT2D eigenvalue weighted by atomic mass is 16.5. The number of anilines is 1. The topological polar surface area (TPSA) is 91.2 Å². The van der Waals surface area contributed by atoms with Crippen molar-refractivity contribution in [1.82, 2.24) is 5.32 Å². The first kappa shape index (κ1) is 17.8. The highest BCUT2D eigenvalue weighted by Gasteiger charge is 2.33. The molecule has 0 aromatic heterocycles. The Bertz CT molecular complexity index is 658. The summed E-state index contributed by atoms with van der Waals surface area (Å²) in [6.45, 7) is 1.94. The van der Waals surface area contributed by atoms with Gasteiger partial charge in [-0.25, -0.2) is 4.79 Å². The molecule has 2 rings (SSSR count). The second-order valence-corrected chi connectivity index (χ2v) is 6.18. The number of hydrogen-bond donors (Lipinski definition) is 2. The molecule has 0 aliphatic heterocycles. The Kier molecular flexibility index (Phi) is 5.80. The molecular weight excluding hydrogens is 306 g/mol. The van der Waals surface area contributed by atoms with Crippen LogP contribution in [0.4, 0.5) is 5.69 Å². The van der Waals surface area contributed by atoms with Gasteiger partial charge in [0.15, 0.2) is 0 Å². The minimum Gasteiger partial charge on any atom is -0.465 e. The van der Waals surface area contributed by atoms with Crippen LogP contribution in [-0.2, 0) is 9.53 Å². The molecule has 0 unspecified atom stereocenters. The zero-order valence-electron chi connectivity index (χ0n) is 14.1. The van der Waals surface area contributed by atoms with Crippen molar-refractivity contribution in [2.45, 2.75) is 44.6 Å². The molecule has 0 bridgehead atoms. The van der Waals surface area contributed by atoms with Crippen molar-refractivity contribution in [3.05, 3.63) is 29.3 Å². The number of carbonyl (C=O) groups excluding carboxylic acids is 2. The average molecular weight is 329 g/mol. The van der Waals surface area contributed by atoms with Crippen LogP contribution in [0.5, 0.6) is 0 Å². The number of methoxy groups -OCH3 is 1. The van der Waals surface area contributed by atoms with Crippen LogP contribution >= 0.6 is 0 Å². The number of benzene rings is 1. The molecule has 6 heteroatoms. The third kappa shape index (κ3) is 4.25. The fourth-order valence-corrected chi connectivity index (χ4v) is 2.96. The lowest BCUT2D eigenvalue weighted by Gasteiger charge is -2.31. The van der Waals surface area contributed by atoms with E-state index in [0.29, 0.717) is 24.1 Å². The Morgan fingerprint density at radius 3 is 2.62 bits per heavy atom. The van der Waals surface area contributed by atoms with Gasteiger partial charge in [0, 0.05) is 5.69 Å². The second kappa shape index (κ2) is 7.82. The van der Waals surface area contributed by atoms with Crippen LogP contribution in [0.3, 0.4) is 0 Å². The highest BCUT2D eigenvalue weighted by molar-refractivity contribution is 5.91. The molecule has 0 heterocycles. The van der Waals surface area contributed by atoms with Gasteiger partial charge >= 0.3 is 5.97 Å². The lowest BCUT2D eigenvalue weighted by Crippen LogP contribution is -2.50. The summed E-state index contributed by atoms with van der Waals surface area (Å²) in [6.07, 6.45) is 4.43. The van der Waals surface area contributed by atoms with Gasteiger partial charge in [-0.05, 0) is 37.5 Å². The van der Waals surface area contributed by atoms with Gasteiger partial charge in [-0.2, -0.15) is 5.26 Å². The van der Waals surface area contributed by atoms with Gasteiger partial charge in [-0.1, -0.05) is 25.3 Å². The summed E-state index contributed by atoms with van der Waals surface area (Å²) in [5, 5.41) is 15.3. The van der Waals surface area contributed by atoms with E-state index in [1.54, 1.807) is 18.2 Å². The molecule has 1 aliphatic carbocycles. The Balaban J connectivity index is 1.99. The fraction of sp³-hybridized carbons (Fsp3) is 0.500. The third-order valence-corrected chi connectivity index (χ3v) is 4.40. The van der Waals surface area contributed by atoms with Crippen LogP contribution in [-0.4, -0.2) is 31.1 Å². The van der Waals surface area contributed by atoms with E-state index in [0.717, 1.165) is 24.8 Å². The Hall–Kier alpha value is -2.55. The van der Waals surface area contributed by atoms with Gasteiger partial charge in [0.25, 0.3) is 0 Å². The molecule has 1 amide bonds. The van der Waals surface area contributed by atoms with E-state index in [2.05, 4.69) is 16.7 Å². The maximum atomic E-state index is 12.2. The van der Waals surface area contributed by atoms with E-state index >= 15 is 0 Å². The zero-order valence-corrected chi connectivity index (χ0v) is 14.1. The third-order valence-electron chi connectivity index (χ3n) is 4.40. The molecule has 1 fully saturated rings. The molecule has 0 spiro atoms. The Morgan fingerprint density at radius 2 is 2.00 bits per heavy atom. The van der Waals surface area contributed by atoms with E-state index in [1.165, 1.54) is 7.11 Å². The molecule has 0 saturated heterocycles. The quantitative estimate of drug-likeness (QED) is 0.810. The molecule has 24 heavy (non-hydrogen) atoms. The van der Waals surface area contributed by atoms with Gasteiger partial charge in [0.1, 0.15) is 5.54 Å². The summed E-state index contributed by atoms with van der Waals surface area (Å²) in [4.78, 5) is 23.8. The van der Waals surface area contributed by atoms with Gasteiger partial charge in [0.2, 0.25) is 5.91 Å². The van der Waals surface area contributed by atoms with Crippen molar-refractivity contribution >= 4 is 17.6 Å². The van der Waals surface area contributed by atoms with E-state index in [1.807, 2.05) is 6.92 Å². The van der Waals surface area contributed by atoms with Crippen molar-refractivity contribution in [2.24, 2.45) is 0 Å². The van der Waals surface area contributed by atoms with E-state index < -0.39 is 11.5 Å². The van der Waals surface area contributed by atoms with Crippen LogP contribution in [0.25, 0.3) is 0 Å². The number of hydrogen-bond acceptors (Lipinski definition) is 5. The van der Waals surface area contributed by atoms with Crippen LogP contribution in [0, 0.1) is 18.3 Å². The van der Waals surface area contributed by atoms with Crippen molar-refractivity contribution in [3.63, 3.8) is 0 Å². The summed E-state index contributed by atoms with van der Waals surface area (Å²) >= 11 is 0. The summed E-state index contributed by atoms with van der Waals surface area (Å²) in [6, 6.07) is 7.41. The maximum Gasteiger partial charge on any atom is 0.337 e.